The molecule has 3 N–H and O–H groups in total. The molecule has 0 heterocycles. The standard InChI is InChI=1S/C22H21NO2/c1-2-21(16-6-4-3-5-7-16)22(17-8-12-19(24)13-9-17)18-10-14-20(25-23)15-11-18/h3-15,24H,2,23H2,1H3/b22-21-. The third-order valence-electron chi connectivity index (χ3n) is 4.21. The first-order chi connectivity index (χ1) is 12.2. The Morgan fingerprint density at radius 3 is 1.88 bits per heavy atom. The molecule has 0 aliphatic heterocycles. The molecule has 3 nitrogen and oxygen atoms in total. The first-order valence-corrected chi connectivity index (χ1v) is 8.28. The summed E-state index contributed by atoms with van der Waals surface area (Å²) in [6.45, 7) is 2.15. The second kappa shape index (κ2) is 7.69. The number of nitrogens with two attached hydrogens (primary N) is 1. The second-order valence-electron chi connectivity index (χ2n) is 5.76. The van der Waals surface area contributed by atoms with Gasteiger partial charge < -0.3 is 9.94 Å². The van der Waals surface area contributed by atoms with E-state index >= 15 is 0 Å². The van der Waals surface area contributed by atoms with Gasteiger partial charge in [0, 0.05) is 0 Å². The van der Waals surface area contributed by atoms with E-state index < -0.39 is 0 Å². The summed E-state index contributed by atoms with van der Waals surface area (Å²) in [6.07, 6.45) is 0.884. The Bertz CT molecular complexity index is 851. The molecule has 3 heteroatoms. The van der Waals surface area contributed by atoms with Gasteiger partial charge in [0.15, 0.2) is 0 Å². The van der Waals surface area contributed by atoms with Crippen LogP contribution in [0.15, 0.2) is 78.9 Å². The Morgan fingerprint density at radius 2 is 1.36 bits per heavy atom. The fraction of sp³-hybridized carbons (Fsp3) is 0.0909. The number of hydrogen-bond acceptors (Lipinski definition) is 3. The van der Waals surface area contributed by atoms with Crippen LogP contribution in [0.5, 0.6) is 11.5 Å². The molecule has 126 valence electrons. The minimum absolute atomic E-state index is 0.257. The summed E-state index contributed by atoms with van der Waals surface area (Å²) in [5.74, 6) is 6.12. The predicted octanol–water partition coefficient (Wildman–Crippen LogP) is 5.01. The van der Waals surface area contributed by atoms with Crippen molar-refractivity contribution in [2.75, 3.05) is 0 Å². The molecule has 0 bridgehead atoms. The lowest BCUT2D eigenvalue weighted by Gasteiger charge is -2.16. The Balaban J connectivity index is 2.23. The molecule has 0 aliphatic carbocycles. The summed E-state index contributed by atoms with van der Waals surface area (Å²) < 4.78 is 0. The second-order valence-corrected chi connectivity index (χ2v) is 5.76. The molecule has 0 atom stereocenters. The fourth-order valence-electron chi connectivity index (χ4n) is 3.01. The topological polar surface area (TPSA) is 55.5 Å². The van der Waals surface area contributed by atoms with Crippen LogP contribution in [0.1, 0.15) is 30.0 Å². The SMILES string of the molecule is CC/C(=C(\c1ccc(O)cc1)c1ccc(ON)cc1)c1ccccc1. The Labute approximate surface area is 148 Å². The number of benzene rings is 3. The molecule has 0 fully saturated rings. The maximum absolute atomic E-state index is 9.64. The monoisotopic (exact) mass is 331 g/mol. The molecule has 0 radical (unpaired) electrons. The lowest BCUT2D eigenvalue weighted by atomic mass is 9.88. The van der Waals surface area contributed by atoms with E-state index in [1.807, 2.05) is 54.6 Å². The van der Waals surface area contributed by atoms with Crippen molar-refractivity contribution in [2.24, 2.45) is 5.90 Å². The normalized spacial score (nSPS) is 11.8. The minimum Gasteiger partial charge on any atom is -0.508 e. The maximum Gasteiger partial charge on any atom is 0.146 e. The van der Waals surface area contributed by atoms with Gasteiger partial charge in [0.05, 0.1) is 0 Å². The van der Waals surface area contributed by atoms with Crippen molar-refractivity contribution in [2.45, 2.75) is 13.3 Å². The van der Waals surface area contributed by atoms with Crippen molar-refractivity contribution in [1.82, 2.24) is 0 Å². The molecular weight excluding hydrogens is 310 g/mol. The quantitative estimate of drug-likeness (QED) is 0.510. The van der Waals surface area contributed by atoms with Gasteiger partial charge in [-0.25, -0.2) is 0 Å². The predicted molar refractivity (Wildman–Crippen MR) is 102 cm³/mol. The average Bonchev–Trinajstić information content (AvgIpc) is 2.68. The highest BCUT2D eigenvalue weighted by Crippen LogP contribution is 2.35. The smallest absolute Gasteiger partial charge is 0.146 e. The first-order valence-electron chi connectivity index (χ1n) is 8.28. The molecular formula is C22H21NO2. The Morgan fingerprint density at radius 1 is 0.800 bits per heavy atom. The molecule has 25 heavy (non-hydrogen) atoms. The van der Waals surface area contributed by atoms with E-state index in [9.17, 15) is 5.11 Å². The molecule has 0 saturated carbocycles. The summed E-state index contributed by atoms with van der Waals surface area (Å²) >= 11 is 0. The van der Waals surface area contributed by atoms with E-state index in [1.165, 1.54) is 11.1 Å². The number of hydrogen-bond donors (Lipinski definition) is 2. The zero-order chi connectivity index (χ0) is 17.6. The van der Waals surface area contributed by atoms with Crippen LogP contribution >= 0.6 is 0 Å². The van der Waals surface area contributed by atoms with Gasteiger partial charge in [-0.2, -0.15) is 5.90 Å². The van der Waals surface area contributed by atoms with Gasteiger partial charge >= 0.3 is 0 Å². The van der Waals surface area contributed by atoms with Crippen molar-refractivity contribution in [3.8, 4) is 11.5 Å². The summed E-state index contributed by atoms with van der Waals surface area (Å²) in [6, 6.07) is 25.4. The van der Waals surface area contributed by atoms with Gasteiger partial charge in [-0.3, -0.25) is 0 Å². The van der Waals surface area contributed by atoms with E-state index in [1.54, 1.807) is 12.1 Å². The molecule has 3 aromatic carbocycles. The van der Waals surface area contributed by atoms with Crippen molar-refractivity contribution in [3.05, 3.63) is 95.6 Å². The molecule has 3 aromatic rings. The number of phenols is 1. The van der Waals surface area contributed by atoms with E-state index in [0.717, 1.165) is 23.1 Å². The number of aromatic hydroxyl groups is 1. The van der Waals surface area contributed by atoms with Gasteiger partial charge in [-0.15, -0.1) is 0 Å². The fourth-order valence-corrected chi connectivity index (χ4v) is 3.01. The van der Waals surface area contributed by atoms with Crippen molar-refractivity contribution in [3.63, 3.8) is 0 Å². The van der Waals surface area contributed by atoms with E-state index in [-0.39, 0.29) is 5.75 Å². The summed E-state index contributed by atoms with van der Waals surface area (Å²) in [4.78, 5) is 4.79. The van der Waals surface area contributed by atoms with Crippen LogP contribution in [0, 0.1) is 0 Å². The van der Waals surface area contributed by atoms with Crippen LogP contribution in [0.3, 0.4) is 0 Å². The third kappa shape index (κ3) is 3.73. The van der Waals surface area contributed by atoms with Gasteiger partial charge in [-0.05, 0) is 58.5 Å². The number of phenolic OH excluding ortho intramolecular Hbond substituents is 1. The molecule has 3 rings (SSSR count). The van der Waals surface area contributed by atoms with E-state index in [4.69, 9.17) is 10.7 Å². The zero-order valence-electron chi connectivity index (χ0n) is 14.1. The molecule has 0 spiro atoms. The molecule has 0 aliphatic rings. The number of rotatable bonds is 5. The molecule has 0 amide bonds. The molecule has 0 aromatic heterocycles. The highest BCUT2D eigenvalue weighted by atomic mass is 16.6. The van der Waals surface area contributed by atoms with E-state index in [2.05, 4.69) is 19.1 Å². The lowest BCUT2D eigenvalue weighted by Crippen LogP contribution is -2.01. The molecule has 0 saturated heterocycles. The van der Waals surface area contributed by atoms with Crippen LogP contribution in [0.2, 0.25) is 0 Å². The largest absolute Gasteiger partial charge is 0.508 e. The zero-order valence-corrected chi connectivity index (χ0v) is 14.1. The first kappa shape index (κ1) is 16.8. The van der Waals surface area contributed by atoms with Crippen LogP contribution in [-0.2, 0) is 0 Å². The maximum atomic E-state index is 9.64. The van der Waals surface area contributed by atoms with Crippen LogP contribution in [0.4, 0.5) is 0 Å². The van der Waals surface area contributed by atoms with Crippen molar-refractivity contribution >= 4 is 11.1 Å². The minimum atomic E-state index is 0.257. The molecule has 0 unspecified atom stereocenters. The van der Waals surface area contributed by atoms with Crippen LogP contribution in [-0.4, -0.2) is 5.11 Å². The highest BCUT2D eigenvalue weighted by Gasteiger charge is 2.13. The van der Waals surface area contributed by atoms with Gasteiger partial charge in [0.2, 0.25) is 0 Å². The summed E-state index contributed by atoms with van der Waals surface area (Å²) in [7, 11) is 0. The summed E-state index contributed by atoms with van der Waals surface area (Å²) in [5, 5.41) is 9.64. The summed E-state index contributed by atoms with van der Waals surface area (Å²) in [5.41, 5.74) is 5.70. The average molecular weight is 331 g/mol. The Hall–Kier alpha value is -3.04. The lowest BCUT2D eigenvalue weighted by molar-refractivity contribution is 0.334. The van der Waals surface area contributed by atoms with Gasteiger partial charge in [0.25, 0.3) is 0 Å². The van der Waals surface area contributed by atoms with E-state index in [0.29, 0.717) is 5.75 Å². The van der Waals surface area contributed by atoms with Crippen LogP contribution < -0.4 is 10.7 Å². The van der Waals surface area contributed by atoms with Gasteiger partial charge in [0.1, 0.15) is 11.5 Å². The van der Waals surface area contributed by atoms with Crippen molar-refractivity contribution < 1.29 is 9.94 Å². The van der Waals surface area contributed by atoms with Crippen LogP contribution in [0.25, 0.3) is 11.1 Å². The van der Waals surface area contributed by atoms with Gasteiger partial charge in [-0.1, -0.05) is 61.5 Å². The van der Waals surface area contributed by atoms with Crippen molar-refractivity contribution in [1.29, 1.82) is 0 Å². The Kier molecular flexibility index (Phi) is 5.17. The third-order valence-corrected chi connectivity index (χ3v) is 4.21. The number of allylic oxidation sites excluding steroid dienone is 1. The highest BCUT2D eigenvalue weighted by molar-refractivity contribution is 5.98.